The average molecular weight is 118 g/mol. The number of hydrogen-bond acceptors (Lipinski definition) is 1. The first-order chi connectivity index (χ1) is 3.77. The van der Waals surface area contributed by atoms with Gasteiger partial charge in [-0.2, -0.15) is 0 Å². The Morgan fingerprint density at radius 2 is 2.50 bits per heavy atom. The molecule has 0 rings (SSSR count). The average Bonchev–Trinajstić information content (AvgIpc) is 1.66. The van der Waals surface area contributed by atoms with E-state index in [4.69, 9.17) is 0 Å². The van der Waals surface area contributed by atoms with Crippen molar-refractivity contribution in [3.05, 3.63) is 12.8 Å². The minimum absolute atomic E-state index is 0.432. The molecule has 48 valence electrons. The van der Waals surface area contributed by atoms with Crippen molar-refractivity contribution in [1.29, 1.82) is 0 Å². The van der Waals surface area contributed by atoms with Gasteiger partial charge in [0.25, 0.3) is 0 Å². The lowest BCUT2D eigenvalue weighted by Gasteiger charge is -1.99. The highest BCUT2D eigenvalue weighted by Gasteiger charge is 1.94. The molecule has 1 atom stereocenters. The lowest BCUT2D eigenvalue weighted by Crippen LogP contribution is -1.97. The quantitative estimate of drug-likeness (QED) is 0.404. The lowest BCUT2D eigenvalue weighted by molar-refractivity contribution is 0.205. The molecule has 0 saturated carbocycles. The fourth-order valence-corrected chi connectivity index (χ4v) is 0.314. The summed E-state index contributed by atoms with van der Waals surface area (Å²) < 4.78 is 16.6. The third-order valence-electron chi connectivity index (χ3n) is 0.751. The zero-order valence-corrected chi connectivity index (χ0v) is 5.06. The largest absolute Gasteiger partial charge is 0.502 e. The van der Waals surface area contributed by atoms with E-state index in [9.17, 15) is 4.39 Å². The topological polar surface area (TPSA) is 9.23 Å². The summed E-state index contributed by atoms with van der Waals surface area (Å²) in [7, 11) is 0. The first-order valence-corrected chi connectivity index (χ1v) is 2.64. The van der Waals surface area contributed by atoms with Crippen molar-refractivity contribution in [2.24, 2.45) is 0 Å². The van der Waals surface area contributed by atoms with Crippen LogP contribution in [-0.4, -0.2) is 12.8 Å². The van der Waals surface area contributed by atoms with Crippen LogP contribution in [-0.2, 0) is 4.74 Å². The first kappa shape index (κ1) is 7.47. The Bertz CT molecular complexity index is 61.5. The molecule has 0 fully saturated rings. The van der Waals surface area contributed by atoms with Crippen LogP contribution in [0.15, 0.2) is 12.8 Å². The van der Waals surface area contributed by atoms with E-state index in [0.717, 1.165) is 0 Å². The van der Waals surface area contributed by atoms with Crippen molar-refractivity contribution in [3.63, 3.8) is 0 Å². The molecule has 2 heteroatoms. The van der Waals surface area contributed by atoms with Gasteiger partial charge < -0.3 is 4.74 Å². The van der Waals surface area contributed by atoms with Crippen LogP contribution in [0.1, 0.15) is 13.3 Å². The molecule has 0 N–H and O–H groups in total. The molecule has 0 aromatic rings. The molecular formula is C6H11FO. The summed E-state index contributed by atoms with van der Waals surface area (Å²) in [6, 6.07) is 0. The molecule has 0 radical (unpaired) electrons. The molecule has 0 bridgehead atoms. The van der Waals surface area contributed by atoms with E-state index in [1.807, 2.05) is 0 Å². The molecule has 0 spiro atoms. The van der Waals surface area contributed by atoms with Gasteiger partial charge in [0.05, 0.1) is 12.9 Å². The van der Waals surface area contributed by atoms with E-state index in [1.165, 1.54) is 13.2 Å². The van der Waals surface area contributed by atoms with Gasteiger partial charge >= 0.3 is 0 Å². The molecule has 0 aromatic carbocycles. The van der Waals surface area contributed by atoms with Crippen molar-refractivity contribution < 1.29 is 9.13 Å². The maximum absolute atomic E-state index is 11.9. The predicted molar refractivity (Wildman–Crippen MR) is 31.3 cm³/mol. The van der Waals surface area contributed by atoms with Crippen LogP contribution in [0, 0.1) is 0 Å². The van der Waals surface area contributed by atoms with Crippen LogP contribution in [0.3, 0.4) is 0 Å². The van der Waals surface area contributed by atoms with Crippen molar-refractivity contribution in [2.45, 2.75) is 19.5 Å². The summed E-state index contributed by atoms with van der Waals surface area (Å²) >= 11 is 0. The van der Waals surface area contributed by atoms with Gasteiger partial charge in [-0.1, -0.05) is 6.58 Å². The van der Waals surface area contributed by atoms with Gasteiger partial charge in [-0.3, -0.25) is 0 Å². The highest BCUT2D eigenvalue weighted by Crippen LogP contribution is 1.94. The van der Waals surface area contributed by atoms with Crippen LogP contribution < -0.4 is 0 Å². The Kier molecular flexibility index (Phi) is 4.32. The highest BCUT2D eigenvalue weighted by molar-refractivity contribution is 4.51. The zero-order valence-electron chi connectivity index (χ0n) is 5.06. The third-order valence-corrected chi connectivity index (χ3v) is 0.751. The monoisotopic (exact) mass is 118 g/mol. The molecule has 8 heavy (non-hydrogen) atoms. The van der Waals surface area contributed by atoms with Gasteiger partial charge in [0, 0.05) is 6.42 Å². The molecule has 0 aliphatic rings. The Hall–Kier alpha value is -0.530. The first-order valence-electron chi connectivity index (χ1n) is 2.64. The van der Waals surface area contributed by atoms with E-state index in [2.05, 4.69) is 11.3 Å². The molecule has 1 nitrogen and oxygen atoms in total. The Morgan fingerprint density at radius 3 is 2.88 bits per heavy atom. The summed E-state index contributed by atoms with van der Waals surface area (Å²) in [6.07, 6.45) is 1.00. The fourth-order valence-electron chi connectivity index (χ4n) is 0.314. The van der Waals surface area contributed by atoms with Crippen LogP contribution >= 0.6 is 0 Å². The molecular weight excluding hydrogens is 107 g/mol. The van der Waals surface area contributed by atoms with Gasteiger partial charge in [0.15, 0.2) is 0 Å². The fraction of sp³-hybridized carbons (Fsp3) is 0.667. The second kappa shape index (κ2) is 4.62. The van der Waals surface area contributed by atoms with Gasteiger partial charge in [0.1, 0.15) is 6.17 Å². The van der Waals surface area contributed by atoms with E-state index in [1.54, 1.807) is 0 Å². The highest BCUT2D eigenvalue weighted by atomic mass is 19.1. The van der Waals surface area contributed by atoms with E-state index >= 15 is 0 Å². The van der Waals surface area contributed by atoms with Crippen LogP contribution in [0.2, 0.25) is 0 Å². The van der Waals surface area contributed by atoms with Crippen LogP contribution in [0.5, 0.6) is 0 Å². The van der Waals surface area contributed by atoms with Crippen molar-refractivity contribution in [2.75, 3.05) is 6.61 Å². The smallest absolute Gasteiger partial charge is 0.101 e. The summed E-state index contributed by atoms with van der Waals surface area (Å²) in [6.45, 7) is 5.25. The number of alkyl halides is 1. The van der Waals surface area contributed by atoms with Crippen molar-refractivity contribution in [1.82, 2.24) is 0 Å². The van der Waals surface area contributed by atoms with Gasteiger partial charge in [0.2, 0.25) is 0 Å². The maximum Gasteiger partial charge on any atom is 0.101 e. The lowest BCUT2D eigenvalue weighted by atomic mass is 10.3. The molecule has 1 unspecified atom stereocenters. The minimum atomic E-state index is -0.769. The van der Waals surface area contributed by atoms with Gasteiger partial charge in [-0.15, -0.1) is 0 Å². The SMILES string of the molecule is C=COCCC(C)F. The second-order valence-electron chi connectivity index (χ2n) is 1.61. The van der Waals surface area contributed by atoms with E-state index in [-0.39, 0.29) is 0 Å². The van der Waals surface area contributed by atoms with Crippen LogP contribution in [0.25, 0.3) is 0 Å². The normalized spacial score (nSPS) is 12.8. The summed E-state index contributed by atoms with van der Waals surface area (Å²) in [5, 5.41) is 0. The molecule has 0 amide bonds. The van der Waals surface area contributed by atoms with Crippen molar-refractivity contribution >= 4 is 0 Å². The predicted octanol–water partition coefficient (Wildman–Crippen LogP) is 1.89. The van der Waals surface area contributed by atoms with Gasteiger partial charge in [-0.25, -0.2) is 4.39 Å². The Morgan fingerprint density at radius 1 is 1.88 bits per heavy atom. The third kappa shape index (κ3) is 5.47. The number of ether oxygens (including phenoxy) is 1. The van der Waals surface area contributed by atoms with E-state index in [0.29, 0.717) is 13.0 Å². The van der Waals surface area contributed by atoms with Crippen LogP contribution in [0.4, 0.5) is 4.39 Å². The van der Waals surface area contributed by atoms with Crippen molar-refractivity contribution in [3.8, 4) is 0 Å². The standard InChI is InChI=1S/C6H11FO/c1-3-8-5-4-6(2)7/h3,6H,1,4-5H2,2H3. The minimum Gasteiger partial charge on any atom is -0.502 e. The molecule has 0 saturated heterocycles. The Labute approximate surface area is 49.2 Å². The van der Waals surface area contributed by atoms with Gasteiger partial charge in [-0.05, 0) is 6.92 Å². The molecule has 0 aliphatic carbocycles. The second-order valence-corrected chi connectivity index (χ2v) is 1.61. The maximum atomic E-state index is 11.9. The summed E-state index contributed by atoms with van der Waals surface area (Å²) in [4.78, 5) is 0. The van der Waals surface area contributed by atoms with E-state index < -0.39 is 6.17 Å². The summed E-state index contributed by atoms with van der Waals surface area (Å²) in [5.74, 6) is 0. The number of rotatable bonds is 4. The Balaban J connectivity index is 2.81. The number of hydrogen-bond donors (Lipinski definition) is 0. The molecule has 0 aliphatic heterocycles. The number of halogens is 1. The zero-order chi connectivity index (χ0) is 6.41. The molecule has 0 aromatic heterocycles. The summed E-state index contributed by atoms with van der Waals surface area (Å²) in [5.41, 5.74) is 0. The molecule has 0 heterocycles.